The molecule has 0 spiro atoms. The maximum Gasteiger partial charge on any atom is 0.416 e. The lowest BCUT2D eigenvalue weighted by molar-refractivity contribution is -0.143. The molecule has 3 atom stereocenters. The molecule has 214 valence electrons. The van der Waals surface area contributed by atoms with Gasteiger partial charge in [0.1, 0.15) is 5.82 Å². The van der Waals surface area contributed by atoms with Crippen LogP contribution in [-0.4, -0.2) is 59.8 Å². The summed E-state index contributed by atoms with van der Waals surface area (Å²) < 4.78 is 94.0. The summed E-state index contributed by atoms with van der Waals surface area (Å²) in [6.07, 6.45) is -11.5. The normalized spacial score (nSPS) is 20.2. The Morgan fingerprint density at radius 3 is 1.79 bits per heavy atom. The highest BCUT2D eigenvalue weighted by molar-refractivity contribution is 5.92. The third-order valence-electron chi connectivity index (χ3n) is 6.89. The lowest BCUT2D eigenvalue weighted by Gasteiger charge is -2.42. The Morgan fingerprint density at radius 1 is 0.897 bits per heavy atom. The second kappa shape index (κ2) is 10.2. The molecular weight excluding hydrogens is 535 g/mol. The minimum atomic E-state index is -5.11. The van der Waals surface area contributed by atoms with E-state index < -0.39 is 70.5 Å². The summed E-state index contributed by atoms with van der Waals surface area (Å²) in [6, 6.07) is 3.43. The van der Waals surface area contributed by atoms with Crippen molar-refractivity contribution in [2.45, 2.75) is 51.1 Å². The number of rotatable bonds is 3. The Labute approximate surface area is 220 Å². The Kier molecular flexibility index (Phi) is 7.88. The van der Waals surface area contributed by atoms with Crippen molar-refractivity contribution in [1.82, 2.24) is 9.80 Å². The maximum absolute atomic E-state index is 13.6. The highest BCUT2D eigenvalue weighted by Gasteiger charge is 2.52. The van der Waals surface area contributed by atoms with Gasteiger partial charge in [0.2, 0.25) is 0 Å². The number of hydrogen-bond donors (Lipinski definition) is 1. The average molecular weight is 564 g/mol. The molecule has 6 nitrogen and oxygen atoms in total. The summed E-state index contributed by atoms with van der Waals surface area (Å²) in [5.74, 6) is -1.20. The summed E-state index contributed by atoms with van der Waals surface area (Å²) in [6.45, 7) is 5.17. The van der Waals surface area contributed by atoms with Crippen molar-refractivity contribution < 1.29 is 45.4 Å². The molecule has 2 aromatic rings. The van der Waals surface area contributed by atoms with Gasteiger partial charge in [-0.3, -0.25) is 4.90 Å². The monoisotopic (exact) mass is 563 g/mol. The van der Waals surface area contributed by atoms with Crippen LogP contribution in [0.4, 0.5) is 46.0 Å². The standard InChI is InChI=1S/C26H28F7N3O3/c1-24(2,3)21-20(19(13-36(21)23(38)39)14-6-8-17(27)9-7-14)35(5)22(37)34(4)18-11-15(25(28,29)30)10-16(12-18)26(31,32)33/h6-12,19-21H,13H2,1-5H3,(H,38,39)/t19-,20-,21?/m1/s1. The molecule has 0 bridgehead atoms. The van der Waals surface area contributed by atoms with Crippen molar-refractivity contribution in [2.75, 3.05) is 25.5 Å². The highest BCUT2D eigenvalue weighted by Crippen LogP contribution is 2.44. The Hall–Kier alpha value is -3.51. The fourth-order valence-corrected chi connectivity index (χ4v) is 5.12. The van der Waals surface area contributed by atoms with Crippen LogP contribution in [0.15, 0.2) is 42.5 Å². The molecule has 3 amide bonds. The van der Waals surface area contributed by atoms with Crippen LogP contribution in [0, 0.1) is 11.2 Å². The van der Waals surface area contributed by atoms with Crippen molar-refractivity contribution >= 4 is 17.8 Å². The number of nitrogens with zero attached hydrogens (tertiary/aromatic N) is 3. The predicted octanol–water partition coefficient (Wildman–Crippen LogP) is 6.91. The molecule has 39 heavy (non-hydrogen) atoms. The first-order valence-corrected chi connectivity index (χ1v) is 11.8. The minimum absolute atomic E-state index is 0.0343. The van der Waals surface area contributed by atoms with Gasteiger partial charge >= 0.3 is 24.5 Å². The van der Waals surface area contributed by atoms with E-state index in [0.29, 0.717) is 22.6 Å². The number of urea groups is 1. The SMILES string of the molecule is CN(C(=O)N(C)[C@H]1C(C(C)(C)C)N(C(=O)O)C[C@@H]1c1ccc(F)cc1)c1cc(C(F)(F)F)cc(C(F)(F)F)c1. The summed E-state index contributed by atoms with van der Waals surface area (Å²) in [5, 5.41) is 9.93. The molecule has 1 aliphatic rings. The molecule has 1 aliphatic heterocycles. The second-order valence-electron chi connectivity index (χ2n) is 10.6. The van der Waals surface area contributed by atoms with Crippen LogP contribution in [0.1, 0.15) is 43.4 Å². The van der Waals surface area contributed by atoms with Crippen LogP contribution in [0.5, 0.6) is 0 Å². The zero-order valence-corrected chi connectivity index (χ0v) is 21.7. The fraction of sp³-hybridized carbons (Fsp3) is 0.462. The van der Waals surface area contributed by atoms with Gasteiger partial charge in [-0.1, -0.05) is 32.9 Å². The van der Waals surface area contributed by atoms with Crippen LogP contribution >= 0.6 is 0 Å². The molecule has 13 heteroatoms. The van der Waals surface area contributed by atoms with Gasteiger partial charge in [-0.05, 0) is 41.3 Å². The van der Waals surface area contributed by atoms with E-state index in [0.717, 1.165) is 16.8 Å². The van der Waals surface area contributed by atoms with Gasteiger partial charge in [0, 0.05) is 32.2 Å². The molecule has 1 N–H and O–H groups in total. The molecule has 0 aromatic heterocycles. The molecule has 0 aliphatic carbocycles. The van der Waals surface area contributed by atoms with Gasteiger partial charge < -0.3 is 14.9 Å². The summed E-state index contributed by atoms with van der Waals surface area (Å²) in [5.41, 5.74) is -4.04. The number of likely N-dealkylation sites (tertiary alicyclic amines) is 1. The fourth-order valence-electron chi connectivity index (χ4n) is 5.12. The first kappa shape index (κ1) is 30.0. The molecule has 1 heterocycles. The van der Waals surface area contributed by atoms with E-state index in [-0.39, 0.29) is 12.6 Å². The van der Waals surface area contributed by atoms with E-state index in [1.165, 1.54) is 31.3 Å². The zero-order valence-electron chi connectivity index (χ0n) is 21.7. The van der Waals surface area contributed by atoms with E-state index in [1.54, 1.807) is 20.8 Å². The summed E-state index contributed by atoms with van der Waals surface area (Å²) in [7, 11) is 2.35. The van der Waals surface area contributed by atoms with Gasteiger partial charge in [-0.25, -0.2) is 14.0 Å². The number of amides is 3. The Bertz CT molecular complexity index is 1190. The van der Waals surface area contributed by atoms with Crippen LogP contribution < -0.4 is 4.90 Å². The first-order chi connectivity index (χ1) is 17.7. The number of alkyl halides is 6. The number of hydrogen-bond acceptors (Lipinski definition) is 2. The summed E-state index contributed by atoms with van der Waals surface area (Å²) >= 11 is 0. The largest absolute Gasteiger partial charge is 0.465 e. The highest BCUT2D eigenvalue weighted by atomic mass is 19.4. The molecule has 0 saturated carbocycles. The molecule has 1 saturated heterocycles. The van der Waals surface area contributed by atoms with E-state index in [2.05, 4.69) is 0 Å². The van der Waals surface area contributed by atoms with Gasteiger partial charge in [-0.15, -0.1) is 0 Å². The average Bonchev–Trinajstić information content (AvgIpc) is 3.23. The number of carboxylic acid groups (broad SMARTS) is 1. The smallest absolute Gasteiger partial charge is 0.416 e. The lowest BCUT2D eigenvalue weighted by atomic mass is 9.78. The van der Waals surface area contributed by atoms with E-state index in [4.69, 9.17) is 0 Å². The van der Waals surface area contributed by atoms with Crippen molar-refractivity contribution in [2.24, 2.45) is 5.41 Å². The van der Waals surface area contributed by atoms with Gasteiger partial charge in [-0.2, -0.15) is 26.3 Å². The van der Waals surface area contributed by atoms with Crippen molar-refractivity contribution in [1.29, 1.82) is 0 Å². The van der Waals surface area contributed by atoms with Gasteiger partial charge in [0.15, 0.2) is 0 Å². The number of carbonyl (C=O) groups excluding carboxylic acids is 1. The minimum Gasteiger partial charge on any atom is -0.465 e. The lowest BCUT2D eigenvalue weighted by Crippen LogP contribution is -2.56. The van der Waals surface area contributed by atoms with Crippen molar-refractivity contribution in [3.05, 3.63) is 65.0 Å². The number of carbonyl (C=O) groups is 2. The second-order valence-corrected chi connectivity index (χ2v) is 10.6. The number of anilines is 1. The molecule has 1 unspecified atom stereocenters. The van der Waals surface area contributed by atoms with E-state index in [9.17, 15) is 45.4 Å². The molecule has 2 aromatic carbocycles. The molecule has 1 fully saturated rings. The van der Waals surface area contributed by atoms with Crippen LogP contribution in [0.2, 0.25) is 0 Å². The number of benzene rings is 2. The third kappa shape index (κ3) is 6.22. The number of likely N-dealkylation sites (N-methyl/N-ethyl adjacent to an activating group) is 1. The Morgan fingerprint density at radius 2 is 1.38 bits per heavy atom. The van der Waals surface area contributed by atoms with Crippen molar-refractivity contribution in [3.8, 4) is 0 Å². The van der Waals surface area contributed by atoms with E-state index in [1.807, 2.05) is 0 Å². The van der Waals surface area contributed by atoms with Gasteiger partial charge in [0.25, 0.3) is 0 Å². The molecular formula is C26H28F7N3O3. The predicted molar refractivity (Wildman–Crippen MR) is 129 cm³/mol. The van der Waals surface area contributed by atoms with Crippen LogP contribution in [0.3, 0.4) is 0 Å². The molecule has 3 rings (SSSR count). The number of halogens is 7. The molecule has 0 radical (unpaired) electrons. The third-order valence-corrected chi connectivity index (χ3v) is 6.89. The van der Waals surface area contributed by atoms with Gasteiger partial charge in [0.05, 0.1) is 23.2 Å². The first-order valence-electron chi connectivity index (χ1n) is 11.8. The summed E-state index contributed by atoms with van der Waals surface area (Å²) in [4.78, 5) is 28.7. The van der Waals surface area contributed by atoms with E-state index >= 15 is 0 Å². The topological polar surface area (TPSA) is 64.1 Å². The Balaban J connectivity index is 2.10. The van der Waals surface area contributed by atoms with Crippen LogP contribution in [0.25, 0.3) is 0 Å². The maximum atomic E-state index is 13.6. The van der Waals surface area contributed by atoms with Crippen molar-refractivity contribution in [3.63, 3.8) is 0 Å². The quantitative estimate of drug-likeness (QED) is 0.413. The van der Waals surface area contributed by atoms with Crippen LogP contribution in [-0.2, 0) is 12.4 Å². The zero-order chi connectivity index (χ0) is 29.7.